The molecule has 3 rings (SSSR count). The van der Waals surface area contributed by atoms with E-state index in [2.05, 4.69) is 4.74 Å². The zero-order valence-electron chi connectivity index (χ0n) is 19.0. The highest BCUT2D eigenvalue weighted by Gasteiger charge is 2.31. The topological polar surface area (TPSA) is 65.1 Å². The van der Waals surface area contributed by atoms with E-state index >= 15 is 0 Å². The van der Waals surface area contributed by atoms with Crippen LogP contribution in [0.3, 0.4) is 0 Å². The average Bonchev–Trinajstić information content (AvgIpc) is 3.10. The summed E-state index contributed by atoms with van der Waals surface area (Å²) in [4.78, 5) is 26.2. The monoisotopic (exact) mass is 519 g/mol. The molecule has 0 spiro atoms. The largest absolute Gasteiger partial charge is 0.493 e. The molecule has 0 aliphatic carbocycles. The molecule has 1 saturated heterocycles. The Bertz CT molecular complexity index is 1090. The van der Waals surface area contributed by atoms with Crippen LogP contribution in [-0.2, 0) is 20.9 Å². The predicted molar refractivity (Wildman–Crippen MR) is 139 cm³/mol. The fraction of sp³-hybridized carbons (Fsp3) is 0.320. The smallest absolute Gasteiger partial charge is 0.305 e. The molecule has 0 radical (unpaired) electrons. The normalized spacial score (nSPS) is 14.6. The Hall–Kier alpha value is -2.55. The molecule has 1 heterocycles. The Morgan fingerprint density at radius 1 is 1.12 bits per heavy atom. The standard InChI is InChI=1S/C25H26ClNO5S2/c1-30-21-14-17(11-12-20(21)32-16-18-8-5-6-9-19(18)26)15-22-24(29)27(25(33)34-22)13-7-3-4-10-23(28)31-2/h5-6,8-9,11-12,14-15H,3-4,7,10,13,16H2,1-2H3/b22-15-. The van der Waals surface area contributed by atoms with Crippen LogP contribution in [0, 0.1) is 0 Å². The minimum atomic E-state index is -0.218. The third kappa shape index (κ3) is 6.98. The SMILES string of the molecule is COC(=O)CCCCCN1C(=O)/C(=C/c2ccc(OCc3ccccc3Cl)c(OC)c2)SC1=S. The highest BCUT2D eigenvalue weighted by Crippen LogP contribution is 2.35. The lowest BCUT2D eigenvalue weighted by Crippen LogP contribution is -2.29. The number of thiocarbonyl (C=S) groups is 1. The maximum Gasteiger partial charge on any atom is 0.305 e. The maximum absolute atomic E-state index is 12.9. The lowest BCUT2D eigenvalue weighted by atomic mass is 10.1. The summed E-state index contributed by atoms with van der Waals surface area (Å²) >= 11 is 12.9. The summed E-state index contributed by atoms with van der Waals surface area (Å²) in [5.74, 6) is 0.811. The average molecular weight is 520 g/mol. The van der Waals surface area contributed by atoms with Crippen LogP contribution < -0.4 is 9.47 Å². The third-order valence-corrected chi connectivity index (χ3v) is 6.94. The van der Waals surface area contributed by atoms with Gasteiger partial charge in [-0.2, -0.15) is 0 Å². The zero-order valence-corrected chi connectivity index (χ0v) is 21.4. The van der Waals surface area contributed by atoms with Crippen molar-refractivity contribution in [3.05, 3.63) is 63.5 Å². The summed E-state index contributed by atoms with van der Waals surface area (Å²) < 4.78 is 16.6. The van der Waals surface area contributed by atoms with E-state index < -0.39 is 0 Å². The van der Waals surface area contributed by atoms with E-state index in [4.69, 9.17) is 33.3 Å². The maximum atomic E-state index is 12.9. The number of benzene rings is 2. The van der Waals surface area contributed by atoms with Crippen molar-refractivity contribution in [2.45, 2.75) is 32.3 Å². The molecule has 0 N–H and O–H groups in total. The molecule has 0 aromatic heterocycles. The van der Waals surface area contributed by atoms with E-state index in [0.717, 1.165) is 30.4 Å². The molecule has 1 aliphatic heterocycles. The fourth-order valence-corrected chi connectivity index (χ4v) is 4.83. The van der Waals surface area contributed by atoms with Gasteiger partial charge in [0.25, 0.3) is 5.91 Å². The number of rotatable bonds is 11. The first kappa shape index (κ1) is 26.1. The molecule has 0 saturated carbocycles. The van der Waals surface area contributed by atoms with Gasteiger partial charge in [0.05, 0.1) is 19.1 Å². The van der Waals surface area contributed by atoms with Crippen LogP contribution in [0.4, 0.5) is 0 Å². The molecule has 2 aromatic carbocycles. The first-order chi connectivity index (χ1) is 16.4. The lowest BCUT2D eigenvalue weighted by molar-refractivity contribution is -0.140. The van der Waals surface area contributed by atoms with Crippen molar-refractivity contribution < 1.29 is 23.8 Å². The van der Waals surface area contributed by atoms with E-state index in [1.54, 1.807) is 18.1 Å². The molecule has 2 aromatic rings. The third-order valence-electron chi connectivity index (χ3n) is 5.19. The number of nitrogens with zero attached hydrogens (tertiary/aromatic N) is 1. The van der Waals surface area contributed by atoms with Crippen LogP contribution in [0.5, 0.6) is 11.5 Å². The number of esters is 1. The highest BCUT2D eigenvalue weighted by atomic mass is 35.5. The number of ether oxygens (including phenoxy) is 3. The van der Waals surface area contributed by atoms with Gasteiger partial charge in [0, 0.05) is 23.6 Å². The number of hydrogen-bond donors (Lipinski definition) is 0. The molecule has 180 valence electrons. The van der Waals surface area contributed by atoms with Crippen molar-refractivity contribution in [3.8, 4) is 11.5 Å². The van der Waals surface area contributed by atoms with Crippen LogP contribution in [0.15, 0.2) is 47.4 Å². The predicted octanol–water partition coefficient (Wildman–Crippen LogP) is 5.86. The Morgan fingerprint density at radius 3 is 2.65 bits per heavy atom. The number of amides is 1. The number of unbranched alkanes of at least 4 members (excludes halogenated alkanes) is 2. The van der Waals surface area contributed by atoms with Gasteiger partial charge in [-0.1, -0.05) is 66.3 Å². The molecule has 0 atom stereocenters. The number of carbonyl (C=O) groups is 2. The van der Waals surface area contributed by atoms with Crippen molar-refractivity contribution >= 4 is 57.9 Å². The first-order valence-electron chi connectivity index (χ1n) is 10.8. The van der Waals surface area contributed by atoms with Gasteiger partial charge in [-0.25, -0.2) is 0 Å². The number of halogens is 1. The second-order valence-corrected chi connectivity index (χ2v) is 9.59. The first-order valence-corrected chi connectivity index (χ1v) is 12.4. The quantitative estimate of drug-likeness (QED) is 0.159. The summed E-state index contributed by atoms with van der Waals surface area (Å²) in [6.45, 7) is 0.842. The molecule has 6 nitrogen and oxygen atoms in total. The second kappa shape index (κ2) is 12.8. The fourth-order valence-electron chi connectivity index (χ4n) is 3.33. The van der Waals surface area contributed by atoms with Crippen molar-refractivity contribution in [1.82, 2.24) is 4.90 Å². The summed E-state index contributed by atoms with van der Waals surface area (Å²) in [6.07, 6.45) is 4.49. The minimum absolute atomic E-state index is 0.110. The van der Waals surface area contributed by atoms with Crippen LogP contribution in [-0.4, -0.2) is 41.9 Å². The van der Waals surface area contributed by atoms with Crippen molar-refractivity contribution in [3.63, 3.8) is 0 Å². The van der Waals surface area contributed by atoms with Gasteiger partial charge in [-0.15, -0.1) is 0 Å². The number of methoxy groups -OCH3 is 2. The van der Waals surface area contributed by atoms with Gasteiger partial charge in [-0.3, -0.25) is 14.5 Å². The Morgan fingerprint density at radius 2 is 1.91 bits per heavy atom. The van der Waals surface area contributed by atoms with Gasteiger partial charge in [0.15, 0.2) is 11.5 Å². The molecule has 0 unspecified atom stereocenters. The van der Waals surface area contributed by atoms with Crippen molar-refractivity contribution in [2.75, 3.05) is 20.8 Å². The molecule has 1 fully saturated rings. The van der Waals surface area contributed by atoms with E-state index in [9.17, 15) is 9.59 Å². The molecular formula is C25H26ClNO5S2. The second-order valence-electron chi connectivity index (χ2n) is 7.51. The molecular weight excluding hydrogens is 494 g/mol. The molecule has 1 aliphatic rings. The van der Waals surface area contributed by atoms with E-state index in [0.29, 0.717) is 45.3 Å². The van der Waals surface area contributed by atoms with Crippen LogP contribution in [0.2, 0.25) is 5.02 Å². The van der Waals surface area contributed by atoms with Gasteiger partial charge in [0.2, 0.25) is 0 Å². The van der Waals surface area contributed by atoms with Gasteiger partial charge in [0.1, 0.15) is 10.9 Å². The van der Waals surface area contributed by atoms with Gasteiger partial charge < -0.3 is 14.2 Å². The summed E-state index contributed by atoms with van der Waals surface area (Å²) in [5, 5.41) is 0.642. The summed E-state index contributed by atoms with van der Waals surface area (Å²) in [7, 11) is 2.95. The lowest BCUT2D eigenvalue weighted by Gasteiger charge is -2.14. The minimum Gasteiger partial charge on any atom is -0.493 e. The number of hydrogen-bond acceptors (Lipinski definition) is 7. The van der Waals surface area contributed by atoms with Crippen LogP contribution in [0.1, 0.15) is 36.8 Å². The van der Waals surface area contributed by atoms with Gasteiger partial charge >= 0.3 is 5.97 Å². The van der Waals surface area contributed by atoms with Crippen molar-refractivity contribution in [1.29, 1.82) is 0 Å². The van der Waals surface area contributed by atoms with E-state index in [-0.39, 0.29) is 11.9 Å². The van der Waals surface area contributed by atoms with Crippen LogP contribution in [0.25, 0.3) is 6.08 Å². The Balaban J connectivity index is 1.61. The molecule has 0 bridgehead atoms. The Labute approximate surface area is 214 Å². The zero-order chi connectivity index (χ0) is 24.5. The molecule has 34 heavy (non-hydrogen) atoms. The highest BCUT2D eigenvalue weighted by molar-refractivity contribution is 8.26. The van der Waals surface area contributed by atoms with Crippen molar-refractivity contribution in [2.24, 2.45) is 0 Å². The number of carbonyl (C=O) groups excluding carboxylic acids is 2. The number of thioether (sulfide) groups is 1. The van der Waals surface area contributed by atoms with Gasteiger partial charge in [-0.05, 0) is 42.7 Å². The summed E-state index contributed by atoms with van der Waals surface area (Å²) in [5.41, 5.74) is 1.68. The molecule has 9 heteroatoms. The summed E-state index contributed by atoms with van der Waals surface area (Å²) in [6, 6.07) is 13.0. The Kier molecular flexibility index (Phi) is 9.80. The van der Waals surface area contributed by atoms with Crippen LogP contribution >= 0.6 is 35.6 Å². The van der Waals surface area contributed by atoms with E-state index in [1.807, 2.05) is 42.5 Å². The van der Waals surface area contributed by atoms with E-state index in [1.165, 1.54) is 18.9 Å². The molecule has 1 amide bonds.